The number of carbonyl (C=O) groups is 1. The molecule has 1 atom stereocenters. The number of likely N-dealkylation sites (tertiary alicyclic amines) is 1. The van der Waals surface area contributed by atoms with E-state index in [1.54, 1.807) is 25.6 Å². The Labute approximate surface area is 175 Å². The molecule has 7 heteroatoms. The van der Waals surface area contributed by atoms with Crippen LogP contribution < -0.4 is 14.8 Å². The number of nitriles is 1. The van der Waals surface area contributed by atoms with Crippen molar-refractivity contribution in [3.63, 3.8) is 0 Å². The molecule has 29 heavy (non-hydrogen) atoms. The van der Waals surface area contributed by atoms with Crippen LogP contribution in [0.5, 0.6) is 11.5 Å². The maximum atomic E-state index is 12.8. The summed E-state index contributed by atoms with van der Waals surface area (Å²) in [7, 11) is 3.31. The molecule has 4 rings (SSSR count). The number of benzene rings is 1. The van der Waals surface area contributed by atoms with Gasteiger partial charge >= 0.3 is 0 Å². The van der Waals surface area contributed by atoms with Gasteiger partial charge < -0.3 is 14.8 Å². The highest BCUT2D eigenvalue weighted by atomic mass is 32.1. The number of nitrogens with one attached hydrogen (secondary N) is 1. The lowest BCUT2D eigenvalue weighted by Gasteiger charge is -2.26. The van der Waals surface area contributed by atoms with Gasteiger partial charge in [-0.3, -0.25) is 9.69 Å². The first-order valence-electron chi connectivity index (χ1n) is 9.95. The van der Waals surface area contributed by atoms with Gasteiger partial charge in [0.15, 0.2) is 0 Å². The van der Waals surface area contributed by atoms with Crippen LogP contribution in [0.3, 0.4) is 0 Å². The number of carbonyl (C=O) groups excluding carboxylic acids is 1. The summed E-state index contributed by atoms with van der Waals surface area (Å²) in [5.74, 6) is 1.52. The molecular weight excluding hydrogens is 386 g/mol. The molecule has 2 aromatic rings. The normalized spacial score (nSPS) is 18.3. The molecular formula is C22H25N3O3S. The van der Waals surface area contributed by atoms with E-state index in [1.807, 2.05) is 18.2 Å². The molecule has 1 unspecified atom stereocenters. The van der Waals surface area contributed by atoms with E-state index in [9.17, 15) is 10.1 Å². The van der Waals surface area contributed by atoms with E-state index in [2.05, 4.69) is 16.3 Å². The molecule has 1 saturated heterocycles. The van der Waals surface area contributed by atoms with Gasteiger partial charge in [0, 0.05) is 16.5 Å². The van der Waals surface area contributed by atoms with Crippen LogP contribution in [0.25, 0.3) is 0 Å². The summed E-state index contributed by atoms with van der Waals surface area (Å²) < 4.78 is 10.9. The summed E-state index contributed by atoms with van der Waals surface area (Å²) in [6.07, 6.45) is 5.04. The summed E-state index contributed by atoms with van der Waals surface area (Å²) in [5, 5.41) is 13.2. The standard InChI is InChI=1S/C22H25N3O3S/c1-27-14-8-9-19(28-2)16(11-14)18-6-4-10-25(18)13-21(26)24-22-17(12-23)15-5-3-7-20(15)29-22/h8-9,11,18H,3-7,10,13H2,1-2H3,(H,24,26). The average Bonchev–Trinajstić information content (AvgIpc) is 3.43. The minimum absolute atomic E-state index is 0.0739. The molecule has 0 bridgehead atoms. The first-order valence-corrected chi connectivity index (χ1v) is 10.8. The van der Waals surface area contributed by atoms with E-state index < -0.39 is 0 Å². The van der Waals surface area contributed by atoms with Crippen LogP contribution in [-0.2, 0) is 17.6 Å². The molecule has 0 spiro atoms. The van der Waals surface area contributed by atoms with Gasteiger partial charge in [-0.15, -0.1) is 11.3 Å². The first-order chi connectivity index (χ1) is 14.1. The van der Waals surface area contributed by atoms with Crippen LogP contribution in [0, 0.1) is 11.3 Å². The van der Waals surface area contributed by atoms with Gasteiger partial charge in [-0.05, 0) is 62.4 Å². The van der Waals surface area contributed by atoms with Gasteiger partial charge in [-0.25, -0.2) is 0 Å². The number of amides is 1. The fourth-order valence-electron chi connectivity index (χ4n) is 4.43. The minimum atomic E-state index is -0.0739. The Bertz CT molecular complexity index is 963. The predicted molar refractivity (Wildman–Crippen MR) is 113 cm³/mol. The smallest absolute Gasteiger partial charge is 0.239 e. The lowest BCUT2D eigenvalue weighted by molar-refractivity contribution is -0.117. The summed E-state index contributed by atoms with van der Waals surface area (Å²) in [6.45, 7) is 1.14. The highest BCUT2D eigenvalue weighted by Gasteiger charge is 2.31. The number of ether oxygens (including phenoxy) is 2. The van der Waals surface area contributed by atoms with Crippen LogP contribution in [0.4, 0.5) is 5.00 Å². The minimum Gasteiger partial charge on any atom is -0.497 e. The van der Waals surface area contributed by atoms with Gasteiger partial charge in [0.25, 0.3) is 0 Å². The monoisotopic (exact) mass is 411 g/mol. The lowest BCUT2D eigenvalue weighted by Crippen LogP contribution is -2.33. The van der Waals surface area contributed by atoms with E-state index >= 15 is 0 Å². The fourth-order valence-corrected chi connectivity index (χ4v) is 5.68. The molecule has 1 aromatic heterocycles. The van der Waals surface area contributed by atoms with Crippen molar-refractivity contribution in [3.8, 4) is 17.6 Å². The molecule has 6 nitrogen and oxygen atoms in total. The van der Waals surface area contributed by atoms with Crippen molar-refractivity contribution in [2.45, 2.75) is 38.1 Å². The van der Waals surface area contributed by atoms with E-state index in [0.29, 0.717) is 17.1 Å². The Morgan fingerprint density at radius 3 is 2.93 bits per heavy atom. The van der Waals surface area contributed by atoms with Crippen LogP contribution in [0.2, 0.25) is 0 Å². The maximum Gasteiger partial charge on any atom is 0.239 e. The van der Waals surface area contributed by atoms with Gasteiger partial charge in [-0.1, -0.05) is 0 Å². The van der Waals surface area contributed by atoms with Crippen molar-refractivity contribution in [1.82, 2.24) is 4.90 Å². The highest BCUT2D eigenvalue weighted by molar-refractivity contribution is 7.16. The molecule has 1 fully saturated rings. The summed E-state index contributed by atoms with van der Waals surface area (Å²) in [6, 6.07) is 8.19. The second-order valence-electron chi connectivity index (χ2n) is 7.46. The van der Waals surface area contributed by atoms with Crippen LogP contribution in [-0.4, -0.2) is 38.1 Å². The topological polar surface area (TPSA) is 74.6 Å². The third-order valence-electron chi connectivity index (χ3n) is 5.79. The first kappa shape index (κ1) is 19.7. The van der Waals surface area contributed by atoms with E-state index in [-0.39, 0.29) is 11.9 Å². The number of fused-ring (bicyclic) bond motifs is 1. The molecule has 2 heterocycles. The van der Waals surface area contributed by atoms with Gasteiger partial charge in [0.1, 0.15) is 22.6 Å². The lowest BCUT2D eigenvalue weighted by atomic mass is 10.0. The maximum absolute atomic E-state index is 12.8. The number of hydrogen-bond donors (Lipinski definition) is 1. The Kier molecular flexibility index (Phi) is 5.74. The van der Waals surface area contributed by atoms with Crippen LogP contribution >= 0.6 is 11.3 Å². The van der Waals surface area contributed by atoms with Crippen LogP contribution in [0.1, 0.15) is 46.9 Å². The van der Waals surface area contributed by atoms with Crippen molar-refractivity contribution >= 4 is 22.2 Å². The number of methoxy groups -OCH3 is 2. The van der Waals surface area contributed by atoms with Crippen molar-refractivity contribution in [1.29, 1.82) is 5.26 Å². The molecule has 1 aliphatic carbocycles. The number of rotatable bonds is 6. The van der Waals surface area contributed by atoms with Gasteiger partial charge in [0.2, 0.25) is 5.91 Å². The largest absolute Gasteiger partial charge is 0.497 e. The van der Waals surface area contributed by atoms with Gasteiger partial charge in [-0.2, -0.15) is 5.26 Å². The van der Waals surface area contributed by atoms with E-state index in [4.69, 9.17) is 9.47 Å². The highest BCUT2D eigenvalue weighted by Crippen LogP contribution is 2.40. The number of aryl methyl sites for hydroxylation is 1. The summed E-state index contributed by atoms with van der Waals surface area (Å²) in [4.78, 5) is 16.2. The van der Waals surface area contributed by atoms with Crippen molar-refractivity contribution in [2.24, 2.45) is 0 Å². The molecule has 2 aliphatic rings. The average molecular weight is 412 g/mol. The second-order valence-corrected chi connectivity index (χ2v) is 8.56. The molecule has 1 N–H and O–H groups in total. The predicted octanol–water partition coefficient (Wildman–Crippen LogP) is 3.90. The molecule has 1 aliphatic heterocycles. The number of anilines is 1. The number of nitrogens with zero attached hydrogens (tertiary/aromatic N) is 2. The van der Waals surface area contributed by atoms with Crippen molar-refractivity contribution < 1.29 is 14.3 Å². The zero-order chi connectivity index (χ0) is 20.4. The zero-order valence-electron chi connectivity index (χ0n) is 16.8. The van der Waals surface area contributed by atoms with E-state index in [1.165, 1.54) is 4.88 Å². The van der Waals surface area contributed by atoms with E-state index in [0.717, 1.165) is 61.3 Å². The Balaban J connectivity index is 1.50. The quantitative estimate of drug-likeness (QED) is 0.780. The molecule has 0 radical (unpaired) electrons. The Morgan fingerprint density at radius 1 is 1.31 bits per heavy atom. The SMILES string of the molecule is COc1ccc(OC)c(C2CCCN2CC(=O)Nc2sc3c(c2C#N)CCC3)c1. The van der Waals surface area contributed by atoms with Crippen molar-refractivity contribution in [3.05, 3.63) is 39.8 Å². The Hall–Kier alpha value is -2.56. The molecule has 1 amide bonds. The van der Waals surface area contributed by atoms with Gasteiger partial charge in [0.05, 0.1) is 26.3 Å². The van der Waals surface area contributed by atoms with Crippen LogP contribution in [0.15, 0.2) is 18.2 Å². The third-order valence-corrected chi connectivity index (χ3v) is 7.00. The molecule has 152 valence electrons. The van der Waals surface area contributed by atoms with Crippen molar-refractivity contribution in [2.75, 3.05) is 32.6 Å². The Morgan fingerprint density at radius 2 is 2.17 bits per heavy atom. The second kappa shape index (κ2) is 8.44. The summed E-state index contributed by atoms with van der Waals surface area (Å²) in [5.41, 5.74) is 2.83. The summed E-state index contributed by atoms with van der Waals surface area (Å²) >= 11 is 1.56. The fraction of sp³-hybridized carbons (Fsp3) is 0.455. The number of hydrogen-bond acceptors (Lipinski definition) is 6. The number of thiophene rings is 1. The molecule has 1 aromatic carbocycles. The molecule has 0 saturated carbocycles. The third kappa shape index (κ3) is 3.83. The zero-order valence-corrected chi connectivity index (χ0v) is 17.6.